The Labute approximate surface area is 156 Å². The van der Waals surface area contributed by atoms with Crippen LogP contribution in [0.25, 0.3) is 6.08 Å². The standard InChI is InChI=1S/C18H21IN2O3/c1-23-16-10-12(9-15(19)17(16)24-2)8-13(11-20)18(22)21-14-6-4-3-5-7-14/h8-10,14H,3-7H2,1-2H3,(H,21,22)/b13-8+. The first-order valence-corrected chi connectivity index (χ1v) is 9.01. The van der Waals surface area contributed by atoms with Gasteiger partial charge in [0.15, 0.2) is 11.5 Å². The first-order chi connectivity index (χ1) is 11.6. The van der Waals surface area contributed by atoms with E-state index in [4.69, 9.17) is 9.47 Å². The van der Waals surface area contributed by atoms with Crippen LogP contribution in [0, 0.1) is 14.9 Å². The van der Waals surface area contributed by atoms with Crippen LogP contribution < -0.4 is 14.8 Å². The third kappa shape index (κ3) is 4.63. The van der Waals surface area contributed by atoms with Gasteiger partial charge in [0, 0.05) is 6.04 Å². The fourth-order valence-electron chi connectivity index (χ4n) is 2.85. The largest absolute Gasteiger partial charge is 0.493 e. The van der Waals surface area contributed by atoms with Gasteiger partial charge in [-0.05, 0) is 59.2 Å². The Morgan fingerprint density at radius 2 is 2.00 bits per heavy atom. The Hall–Kier alpha value is -1.75. The lowest BCUT2D eigenvalue weighted by atomic mass is 9.95. The molecule has 0 radical (unpaired) electrons. The number of rotatable bonds is 5. The van der Waals surface area contributed by atoms with Crippen molar-refractivity contribution in [1.82, 2.24) is 5.32 Å². The van der Waals surface area contributed by atoms with Crippen molar-refractivity contribution in [1.29, 1.82) is 5.26 Å². The molecule has 1 amide bonds. The van der Waals surface area contributed by atoms with Crippen molar-refractivity contribution < 1.29 is 14.3 Å². The summed E-state index contributed by atoms with van der Waals surface area (Å²) in [7, 11) is 3.14. The zero-order chi connectivity index (χ0) is 17.5. The Bertz CT molecular complexity index is 674. The summed E-state index contributed by atoms with van der Waals surface area (Å²) in [6.45, 7) is 0. The van der Waals surface area contributed by atoms with E-state index in [0.717, 1.165) is 34.8 Å². The number of carbonyl (C=O) groups is 1. The predicted octanol–water partition coefficient (Wildman–Crippen LogP) is 3.66. The molecule has 0 atom stereocenters. The molecule has 2 rings (SSSR count). The summed E-state index contributed by atoms with van der Waals surface area (Å²) in [6, 6.07) is 5.79. The third-order valence-electron chi connectivity index (χ3n) is 4.07. The normalized spacial score (nSPS) is 15.5. The molecule has 0 bridgehead atoms. The molecule has 0 saturated heterocycles. The molecule has 0 spiro atoms. The lowest BCUT2D eigenvalue weighted by Gasteiger charge is -2.22. The predicted molar refractivity (Wildman–Crippen MR) is 101 cm³/mol. The minimum atomic E-state index is -0.311. The van der Waals surface area contributed by atoms with Gasteiger partial charge in [-0.15, -0.1) is 0 Å². The molecule has 1 aromatic carbocycles. The van der Waals surface area contributed by atoms with Gasteiger partial charge >= 0.3 is 0 Å². The maximum Gasteiger partial charge on any atom is 0.262 e. The molecule has 1 fully saturated rings. The van der Waals surface area contributed by atoms with Gasteiger partial charge in [-0.25, -0.2) is 0 Å². The van der Waals surface area contributed by atoms with E-state index in [0.29, 0.717) is 11.5 Å². The number of amides is 1. The molecule has 128 valence electrons. The molecule has 0 aromatic heterocycles. The van der Waals surface area contributed by atoms with E-state index in [1.54, 1.807) is 26.4 Å². The van der Waals surface area contributed by atoms with E-state index in [-0.39, 0.29) is 17.5 Å². The van der Waals surface area contributed by atoms with E-state index in [1.807, 2.05) is 12.1 Å². The zero-order valence-corrected chi connectivity index (χ0v) is 16.1. The summed E-state index contributed by atoms with van der Waals surface area (Å²) in [6.07, 6.45) is 7.03. The molecule has 5 nitrogen and oxygen atoms in total. The minimum Gasteiger partial charge on any atom is -0.493 e. The second-order valence-corrected chi connectivity index (χ2v) is 6.88. The zero-order valence-electron chi connectivity index (χ0n) is 13.9. The number of methoxy groups -OCH3 is 2. The van der Waals surface area contributed by atoms with E-state index < -0.39 is 0 Å². The van der Waals surface area contributed by atoms with Crippen LogP contribution in [0.3, 0.4) is 0 Å². The third-order valence-corrected chi connectivity index (χ3v) is 4.87. The number of nitrogens with zero attached hydrogens (tertiary/aromatic N) is 1. The number of ether oxygens (including phenoxy) is 2. The molecule has 1 N–H and O–H groups in total. The lowest BCUT2D eigenvalue weighted by Crippen LogP contribution is -2.36. The monoisotopic (exact) mass is 440 g/mol. The minimum absolute atomic E-state index is 0.101. The number of halogens is 1. The van der Waals surface area contributed by atoms with Crippen molar-refractivity contribution >= 4 is 34.6 Å². The molecule has 6 heteroatoms. The van der Waals surface area contributed by atoms with Crippen molar-refractivity contribution in [2.75, 3.05) is 14.2 Å². The van der Waals surface area contributed by atoms with Crippen LogP contribution >= 0.6 is 22.6 Å². The maximum atomic E-state index is 12.3. The van der Waals surface area contributed by atoms with Crippen molar-refractivity contribution in [3.63, 3.8) is 0 Å². The molecule has 1 saturated carbocycles. The van der Waals surface area contributed by atoms with Gasteiger partial charge in [-0.2, -0.15) is 5.26 Å². The van der Waals surface area contributed by atoms with Crippen LogP contribution in [-0.4, -0.2) is 26.2 Å². The Morgan fingerprint density at radius 3 is 2.58 bits per heavy atom. The molecule has 1 aliphatic carbocycles. The Morgan fingerprint density at radius 1 is 1.29 bits per heavy atom. The number of benzene rings is 1. The lowest BCUT2D eigenvalue weighted by molar-refractivity contribution is -0.117. The van der Waals surface area contributed by atoms with Crippen molar-refractivity contribution in [2.24, 2.45) is 0 Å². The molecule has 1 aliphatic rings. The van der Waals surface area contributed by atoms with Gasteiger partial charge < -0.3 is 14.8 Å². The van der Waals surface area contributed by atoms with Crippen molar-refractivity contribution in [3.05, 3.63) is 26.8 Å². The van der Waals surface area contributed by atoms with E-state index in [1.165, 1.54) is 6.42 Å². The molecule has 0 heterocycles. The van der Waals surface area contributed by atoms with Crippen LogP contribution in [-0.2, 0) is 4.79 Å². The highest BCUT2D eigenvalue weighted by molar-refractivity contribution is 14.1. The average Bonchev–Trinajstić information content (AvgIpc) is 2.59. The fourth-order valence-corrected chi connectivity index (χ4v) is 3.69. The summed E-state index contributed by atoms with van der Waals surface area (Å²) in [5.41, 5.74) is 0.830. The summed E-state index contributed by atoms with van der Waals surface area (Å²) in [5.74, 6) is 0.898. The highest BCUT2D eigenvalue weighted by Gasteiger charge is 2.18. The molecule has 0 aliphatic heterocycles. The molecule has 0 unspecified atom stereocenters. The number of hydrogen-bond donors (Lipinski definition) is 1. The number of carbonyl (C=O) groups excluding carboxylic acids is 1. The van der Waals surface area contributed by atoms with Crippen molar-refractivity contribution in [3.8, 4) is 17.6 Å². The smallest absolute Gasteiger partial charge is 0.262 e. The summed E-state index contributed by atoms with van der Waals surface area (Å²) < 4.78 is 11.5. The van der Waals surface area contributed by atoms with Crippen molar-refractivity contribution in [2.45, 2.75) is 38.1 Å². The van der Waals surface area contributed by atoms with Gasteiger partial charge in [-0.1, -0.05) is 19.3 Å². The first kappa shape index (κ1) is 18.6. The highest BCUT2D eigenvalue weighted by atomic mass is 127. The quantitative estimate of drug-likeness (QED) is 0.431. The van der Waals surface area contributed by atoms with E-state index in [9.17, 15) is 10.1 Å². The number of nitrogens with one attached hydrogen (secondary N) is 1. The molecule has 24 heavy (non-hydrogen) atoms. The second kappa shape index (κ2) is 8.92. The molecule has 1 aromatic rings. The Balaban J connectivity index is 2.21. The van der Waals surface area contributed by atoms with Crippen LogP contribution in [0.5, 0.6) is 11.5 Å². The fraction of sp³-hybridized carbons (Fsp3) is 0.444. The first-order valence-electron chi connectivity index (χ1n) is 7.93. The number of nitriles is 1. The molecular weight excluding hydrogens is 419 g/mol. The van der Waals surface area contributed by atoms with Gasteiger partial charge in [0.2, 0.25) is 0 Å². The SMILES string of the molecule is COc1cc(/C=C(\C#N)C(=O)NC2CCCCC2)cc(I)c1OC. The van der Waals surface area contributed by atoms with Crippen LogP contribution in [0.2, 0.25) is 0 Å². The van der Waals surface area contributed by atoms with Crippen LogP contribution in [0.4, 0.5) is 0 Å². The van der Waals surface area contributed by atoms with Crippen LogP contribution in [0.15, 0.2) is 17.7 Å². The van der Waals surface area contributed by atoms with Gasteiger partial charge in [-0.3, -0.25) is 4.79 Å². The topological polar surface area (TPSA) is 71.3 Å². The second-order valence-electron chi connectivity index (χ2n) is 5.72. The summed E-state index contributed by atoms with van der Waals surface area (Å²) >= 11 is 2.14. The molecular formula is C18H21IN2O3. The van der Waals surface area contributed by atoms with E-state index >= 15 is 0 Å². The summed E-state index contributed by atoms with van der Waals surface area (Å²) in [5, 5.41) is 12.3. The average molecular weight is 440 g/mol. The van der Waals surface area contributed by atoms with Gasteiger partial charge in [0.1, 0.15) is 11.6 Å². The van der Waals surface area contributed by atoms with Crippen LogP contribution in [0.1, 0.15) is 37.7 Å². The summed E-state index contributed by atoms with van der Waals surface area (Å²) in [4.78, 5) is 12.3. The van der Waals surface area contributed by atoms with Gasteiger partial charge in [0.05, 0.1) is 17.8 Å². The van der Waals surface area contributed by atoms with E-state index in [2.05, 4.69) is 27.9 Å². The maximum absolute atomic E-state index is 12.3. The number of hydrogen-bond acceptors (Lipinski definition) is 4. The van der Waals surface area contributed by atoms with Gasteiger partial charge in [0.25, 0.3) is 5.91 Å². The Kier molecular flexibility index (Phi) is 6.91. The highest BCUT2D eigenvalue weighted by Crippen LogP contribution is 2.34.